The van der Waals surface area contributed by atoms with Crippen LogP contribution in [0.2, 0.25) is 0 Å². The topological polar surface area (TPSA) is 55.1 Å². The maximum atomic E-state index is 12.2. The maximum absolute atomic E-state index is 12.2. The number of thiophene rings is 1. The van der Waals surface area contributed by atoms with Crippen LogP contribution in [0, 0.1) is 17.8 Å². The molecule has 1 amide bonds. The van der Waals surface area contributed by atoms with E-state index in [1.807, 2.05) is 17.5 Å². The van der Waals surface area contributed by atoms with E-state index in [0.717, 1.165) is 23.4 Å². The molecule has 2 aromatic heterocycles. The quantitative estimate of drug-likeness (QED) is 0.882. The van der Waals surface area contributed by atoms with Crippen LogP contribution in [0.25, 0.3) is 10.8 Å². The molecule has 21 heavy (non-hydrogen) atoms. The molecule has 2 heterocycles. The first-order valence-electron chi connectivity index (χ1n) is 7.24. The Labute approximate surface area is 126 Å². The molecule has 1 fully saturated rings. The largest absolute Gasteiger partial charge is 0.443 e. The molecule has 0 radical (unpaired) electrons. The van der Waals surface area contributed by atoms with Gasteiger partial charge in [-0.2, -0.15) is 0 Å². The minimum Gasteiger partial charge on any atom is -0.443 e. The van der Waals surface area contributed by atoms with Crippen molar-refractivity contribution in [2.24, 2.45) is 17.8 Å². The van der Waals surface area contributed by atoms with Crippen LogP contribution < -0.4 is 5.32 Å². The molecule has 1 N–H and O–H groups in total. The van der Waals surface area contributed by atoms with Crippen molar-refractivity contribution in [3.05, 3.63) is 41.6 Å². The van der Waals surface area contributed by atoms with Crippen LogP contribution in [-0.2, 0) is 11.3 Å². The number of nitrogens with one attached hydrogen (secondary N) is 1. The fourth-order valence-corrected chi connectivity index (χ4v) is 3.95. The SMILES string of the molecule is O=C(NCc1coc(-c2cccs2)n1)[C@@H]1C[C@H]2C=C[C@H]1C2. The van der Waals surface area contributed by atoms with Gasteiger partial charge >= 0.3 is 0 Å². The maximum Gasteiger partial charge on any atom is 0.236 e. The van der Waals surface area contributed by atoms with Gasteiger partial charge in [0.1, 0.15) is 6.26 Å². The Morgan fingerprint density at radius 2 is 2.38 bits per heavy atom. The molecule has 0 aliphatic heterocycles. The number of amides is 1. The predicted molar refractivity (Wildman–Crippen MR) is 80.5 cm³/mol. The normalized spacial score (nSPS) is 26.4. The standard InChI is InChI=1S/C16H16N2O2S/c19-15(13-7-10-3-4-11(13)6-10)17-8-12-9-20-16(18-12)14-2-1-5-21-14/h1-5,9-11,13H,6-8H2,(H,17,19)/t10-,11-,13+/m0/s1. The molecule has 3 atom stereocenters. The molecular weight excluding hydrogens is 284 g/mol. The van der Waals surface area contributed by atoms with Crippen LogP contribution in [0.5, 0.6) is 0 Å². The van der Waals surface area contributed by atoms with Crippen molar-refractivity contribution < 1.29 is 9.21 Å². The fraction of sp³-hybridized carbons (Fsp3) is 0.375. The van der Waals surface area contributed by atoms with E-state index in [4.69, 9.17) is 4.42 Å². The molecule has 0 spiro atoms. The van der Waals surface area contributed by atoms with Gasteiger partial charge in [0.25, 0.3) is 0 Å². The Morgan fingerprint density at radius 3 is 3.10 bits per heavy atom. The van der Waals surface area contributed by atoms with Gasteiger partial charge in [0.15, 0.2) is 0 Å². The summed E-state index contributed by atoms with van der Waals surface area (Å²) in [7, 11) is 0. The summed E-state index contributed by atoms with van der Waals surface area (Å²) in [5, 5.41) is 4.98. The summed E-state index contributed by atoms with van der Waals surface area (Å²) in [4.78, 5) is 17.7. The average molecular weight is 300 g/mol. The number of fused-ring (bicyclic) bond motifs is 2. The molecule has 5 heteroatoms. The molecule has 0 unspecified atom stereocenters. The molecule has 2 bridgehead atoms. The molecule has 0 aromatic carbocycles. The Kier molecular flexibility index (Phi) is 3.15. The van der Waals surface area contributed by atoms with Gasteiger partial charge in [-0.05, 0) is 36.1 Å². The van der Waals surface area contributed by atoms with Crippen molar-refractivity contribution in [3.63, 3.8) is 0 Å². The van der Waals surface area contributed by atoms with Crippen molar-refractivity contribution in [2.75, 3.05) is 0 Å². The number of hydrogen-bond donors (Lipinski definition) is 1. The van der Waals surface area contributed by atoms with Gasteiger partial charge in [-0.3, -0.25) is 4.79 Å². The highest BCUT2D eigenvalue weighted by Crippen LogP contribution is 2.43. The van der Waals surface area contributed by atoms with Crippen molar-refractivity contribution in [3.8, 4) is 10.8 Å². The van der Waals surface area contributed by atoms with Gasteiger partial charge < -0.3 is 9.73 Å². The Morgan fingerprint density at radius 1 is 1.43 bits per heavy atom. The van der Waals surface area contributed by atoms with E-state index in [-0.39, 0.29) is 11.8 Å². The van der Waals surface area contributed by atoms with Crippen molar-refractivity contribution in [1.82, 2.24) is 10.3 Å². The number of oxazole rings is 1. The fourth-order valence-electron chi connectivity index (χ4n) is 3.29. The second-order valence-corrected chi connectivity index (χ2v) is 6.67. The molecule has 0 saturated heterocycles. The number of hydrogen-bond acceptors (Lipinski definition) is 4. The summed E-state index contributed by atoms with van der Waals surface area (Å²) >= 11 is 1.59. The van der Waals surface area contributed by atoms with Crippen molar-refractivity contribution in [1.29, 1.82) is 0 Å². The molecule has 108 valence electrons. The summed E-state index contributed by atoms with van der Waals surface area (Å²) in [6, 6.07) is 3.94. The smallest absolute Gasteiger partial charge is 0.236 e. The number of allylic oxidation sites excluding steroid dienone is 2. The summed E-state index contributed by atoms with van der Waals surface area (Å²) < 4.78 is 5.45. The minimum absolute atomic E-state index is 0.142. The van der Waals surface area contributed by atoms with E-state index in [1.165, 1.54) is 0 Å². The van der Waals surface area contributed by atoms with E-state index < -0.39 is 0 Å². The van der Waals surface area contributed by atoms with Crippen LogP contribution in [-0.4, -0.2) is 10.9 Å². The molecule has 1 saturated carbocycles. The van der Waals surface area contributed by atoms with Gasteiger partial charge in [0.05, 0.1) is 17.1 Å². The third-order valence-corrected chi connectivity index (χ3v) is 5.20. The third kappa shape index (κ3) is 2.42. The lowest BCUT2D eigenvalue weighted by Crippen LogP contribution is -2.32. The first kappa shape index (κ1) is 12.8. The second-order valence-electron chi connectivity index (χ2n) is 5.73. The second kappa shape index (κ2) is 5.15. The predicted octanol–water partition coefficient (Wildman–Crippen LogP) is 3.23. The monoisotopic (exact) mass is 300 g/mol. The van der Waals surface area contributed by atoms with Crippen LogP contribution in [0.15, 0.2) is 40.3 Å². The molecular formula is C16H16N2O2S. The molecule has 4 rings (SSSR count). The Balaban J connectivity index is 1.37. The van der Waals surface area contributed by atoms with Gasteiger partial charge in [-0.15, -0.1) is 11.3 Å². The third-order valence-electron chi connectivity index (χ3n) is 4.34. The van der Waals surface area contributed by atoms with Gasteiger partial charge in [0.2, 0.25) is 11.8 Å². The van der Waals surface area contributed by atoms with Gasteiger partial charge in [0, 0.05) is 5.92 Å². The minimum atomic E-state index is 0.142. The lowest BCUT2D eigenvalue weighted by molar-refractivity contribution is -0.125. The van der Waals surface area contributed by atoms with E-state index >= 15 is 0 Å². The number of carbonyl (C=O) groups excluding carboxylic acids is 1. The lowest BCUT2D eigenvalue weighted by Gasteiger charge is -2.16. The van der Waals surface area contributed by atoms with Gasteiger partial charge in [-0.1, -0.05) is 18.2 Å². The molecule has 2 aromatic rings. The van der Waals surface area contributed by atoms with E-state index in [9.17, 15) is 4.79 Å². The number of nitrogens with zero attached hydrogens (tertiary/aromatic N) is 1. The summed E-state index contributed by atoms with van der Waals surface area (Å²) in [6.45, 7) is 0.436. The van der Waals surface area contributed by atoms with Crippen molar-refractivity contribution >= 4 is 17.2 Å². The number of rotatable bonds is 4. The zero-order valence-electron chi connectivity index (χ0n) is 11.5. The number of carbonyl (C=O) groups is 1. The first-order chi connectivity index (χ1) is 10.3. The van der Waals surface area contributed by atoms with Gasteiger partial charge in [-0.25, -0.2) is 4.98 Å². The van der Waals surface area contributed by atoms with Crippen molar-refractivity contribution in [2.45, 2.75) is 19.4 Å². The van der Waals surface area contributed by atoms with E-state index in [2.05, 4.69) is 22.5 Å². The summed E-state index contributed by atoms with van der Waals surface area (Å²) in [5.41, 5.74) is 0.769. The van der Waals surface area contributed by atoms with Crippen LogP contribution in [0.3, 0.4) is 0 Å². The summed E-state index contributed by atoms with van der Waals surface area (Å²) in [6.07, 6.45) is 8.20. The molecule has 4 nitrogen and oxygen atoms in total. The first-order valence-corrected chi connectivity index (χ1v) is 8.12. The zero-order valence-corrected chi connectivity index (χ0v) is 12.3. The van der Waals surface area contributed by atoms with Crippen LogP contribution in [0.4, 0.5) is 0 Å². The average Bonchev–Trinajstić information content (AvgIpc) is 3.28. The highest BCUT2D eigenvalue weighted by molar-refractivity contribution is 7.13. The number of aromatic nitrogens is 1. The Hall–Kier alpha value is -1.88. The molecule has 2 aliphatic carbocycles. The Bertz CT molecular complexity index is 674. The zero-order chi connectivity index (χ0) is 14.2. The molecule has 2 aliphatic rings. The van der Waals surface area contributed by atoms with E-state index in [0.29, 0.717) is 24.3 Å². The highest BCUT2D eigenvalue weighted by atomic mass is 32.1. The lowest BCUT2D eigenvalue weighted by atomic mass is 9.93. The summed E-state index contributed by atoms with van der Waals surface area (Å²) in [5.74, 6) is 1.96. The van der Waals surface area contributed by atoms with Crippen LogP contribution >= 0.6 is 11.3 Å². The van der Waals surface area contributed by atoms with E-state index in [1.54, 1.807) is 17.6 Å². The van der Waals surface area contributed by atoms with Crippen LogP contribution in [0.1, 0.15) is 18.5 Å². The highest BCUT2D eigenvalue weighted by Gasteiger charge is 2.39.